The topological polar surface area (TPSA) is 86.7 Å². The van der Waals surface area contributed by atoms with E-state index in [1.165, 1.54) is 6.92 Å². The molecule has 0 unspecified atom stereocenters. The SMILES string of the molecule is CCOC(=O)c1cc2cc(-c3ccc(N)nc3)cn2c(C(C)=O)c1C. The second-order valence-corrected chi connectivity index (χ2v) is 5.80. The monoisotopic (exact) mass is 337 g/mol. The average molecular weight is 337 g/mol. The van der Waals surface area contributed by atoms with Crippen molar-refractivity contribution in [1.29, 1.82) is 0 Å². The third-order valence-corrected chi connectivity index (χ3v) is 4.09. The zero-order valence-electron chi connectivity index (χ0n) is 14.4. The Labute approximate surface area is 145 Å². The first-order valence-electron chi connectivity index (χ1n) is 7.98. The number of nitrogen functional groups attached to an aromatic ring is 1. The molecule has 3 aromatic rings. The summed E-state index contributed by atoms with van der Waals surface area (Å²) in [5.41, 5.74) is 9.61. The van der Waals surface area contributed by atoms with Gasteiger partial charge in [0.25, 0.3) is 0 Å². The van der Waals surface area contributed by atoms with Gasteiger partial charge >= 0.3 is 5.97 Å². The minimum atomic E-state index is -0.429. The Kier molecular flexibility index (Phi) is 4.27. The van der Waals surface area contributed by atoms with E-state index in [4.69, 9.17) is 10.5 Å². The summed E-state index contributed by atoms with van der Waals surface area (Å²) in [6.45, 7) is 5.28. The molecule has 0 aliphatic carbocycles. The van der Waals surface area contributed by atoms with E-state index in [-0.39, 0.29) is 12.4 Å². The molecule has 3 heterocycles. The molecule has 0 fully saturated rings. The van der Waals surface area contributed by atoms with Gasteiger partial charge in [-0.15, -0.1) is 0 Å². The highest BCUT2D eigenvalue weighted by Gasteiger charge is 2.20. The van der Waals surface area contributed by atoms with Gasteiger partial charge in [0.15, 0.2) is 5.78 Å². The first-order chi connectivity index (χ1) is 11.9. The molecule has 6 heteroatoms. The van der Waals surface area contributed by atoms with Crippen LogP contribution in [0.3, 0.4) is 0 Å². The number of hydrogen-bond donors (Lipinski definition) is 1. The van der Waals surface area contributed by atoms with Gasteiger partial charge in [-0.3, -0.25) is 4.79 Å². The van der Waals surface area contributed by atoms with Crippen molar-refractivity contribution in [2.75, 3.05) is 12.3 Å². The van der Waals surface area contributed by atoms with Crippen LogP contribution in [0.5, 0.6) is 0 Å². The van der Waals surface area contributed by atoms with Gasteiger partial charge < -0.3 is 14.9 Å². The van der Waals surface area contributed by atoms with Crippen molar-refractivity contribution in [2.24, 2.45) is 0 Å². The van der Waals surface area contributed by atoms with E-state index in [9.17, 15) is 9.59 Å². The number of ketones is 1. The molecule has 0 bridgehead atoms. The third-order valence-electron chi connectivity index (χ3n) is 4.09. The van der Waals surface area contributed by atoms with Crippen molar-refractivity contribution < 1.29 is 14.3 Å². The Balaban J connectivity index is 2.24. The fourth-order valence-electron chi connectivity index (χ4n) is 2.94. The summed E-state index contributed by atoms with van der Waals surface area (Å²) in [4.78, 5) is 28.5. The number of carbonyl (C=O) groups is 2. The highest BCUT2D eigenvalue weighted by molar-refractivity contribution is 6.01. The predicted molar refractivity (Wildman–Crippen MR) is 95.7 cm³/mol. The number of nitrogens with two attached hydrogens (primary N) is 1. The number of carbonyl (C=O) groups excluding carboxylic acids is 2. The summed E-state index contributed by atoms with van der Waals surface area (Å²) in [6.07, 6.45) is 3.54. The first kappa shape index (κ1) is 16.7. The Morgan fingerprint density at radius 2 is 2.00 bits per heavy atom. The maximum atomic E-state index is 12.2. The maximum Gasteiger partial charge on any atom is 0.338 e. The number of pyridine rings is 2. The second-order valence-electron chi connectivity index (χ2n) is 5.80. The highest BCUT2D eigenvalue weighted by Crippen LogP contribution is 2.27. The van der Waals surface area contributed by atoms with Crippen molar-refractivity contribution in [3.05, 3.63) is 53.5 Å². The van der Waals surface area contributed by atoms with E-state index < -0.39 is 5.97 Å². The van der Waals surface area contributed by atoms with Crippen LogP contribution in [0.25, 0.3) is 16.6 Å². The highest BCUT2D eigenvalue weighted by atomic mass is 16.5. The maximum absolute atomic E-state index is 12.2. The molecular weight excluding hydrogens is 318 g/mol. The van der Waals surface area contributed by atoms with Crippen molar-refractivity contribution in [2.45, 2.75) is 20.8 Å². The lowest BCUT2D eigenvalue weighted by molar-refractivity contribution is 0.0525. The van der Waals surface area contributed by atoms with E-state index >= 15 is 0 Å². The summed E-state index contributed by atoms with van der Waals surface area (Å²) >= 11 is 0. The molecule has 0 aromatic carbocycles. The number of nitrogens with zero attached hydrogens (tertiary/aromatic N) is 2. The normalized spacial score (nSPS) is 10.8. The molecule has 3 aromatic heterocycles. The quantitative estimate of drug-likeness (QED) is 0.583. The molecule has 0 aliphatic rings. The Hall–Kier alpha value is -3.15. The van der Waals surface area contributed by atoms with Gasteiger partial charge in [0.1, 0.15) is 5.82 Å². The molecule has 0 amide bonds. The predicted octanol–water partition coefficient (Wildman–Crippen LogP) is 3.27. The van der Waals surface area contributed by atoms with Crippen LogP contribution in [-0.2, 0) is 4.74 Å². The van der Waals surface area contributed by atoms with Crippen LogP contribution >= 0.6 is 0 Å². The van der Waals surface area contributed by atoms with Gasteiger partial charge in [0, 0.05) is 36.0 Å². The lowest BCUT2D eigenvalue weighted by Crippen LogP contribution is -2.13. The van der Waals surface area contributed by atoms with E-state index in [0.717, 1.165) is 16.6 Å². The number of aromatic nitrogens is 2. The summed E-state index contributed by atoms with van der Waals surface area (Å²) < 4.78 is 6.91. The van der Waals surface area contributed by atoms with Crippen molar-refractivity contribution in [3.63, 3.8) is 0 Å². The minimum Gasteiger partial charge on any atom is -0.462 e. The minimum absolute atomic E-state index is 0.119. The largest absolute Gasteiger partial charge is 0.462 e. The van der Waals surface area contributed by atoms with E-state index in [2.05, 4.69) is 4.98 Å². The van der Waals surface area contributed by atoms with Gasteiger partial charge in [-0.25, -0.2) is 9.78 Å². The zero-order valence-corrected chi connectivity index (χ0v) is 14.4. The van der Waals surface area contributed by atoms with Crippen LogP contribution < -0.4 is 5.73 Å². The van der Waals surface area contributed by atoms with Gasteiger partial charge in [-0.2, -0.15) is 0 Å². The average Bonchev–Trinajstić information content (AvgIpc) is 2.98. The van der Waals surface area contributed by atoms with E-state index in [1.54, 1.807) is 36.6 Å². The van der Waals surface area contributed by atoms with E-state index in [0.29, 0.717) is 22.6 Å². The molecular formula is C19H19N3O3. The molecule has 0 atom stereocenters. The van der Waals surface area contributed by atoms with Crippen LogP contribution in [0.15, 0.2) is 36.7 Å². The Bertz CT molecular complexity index is 972. The number of ether oxygens (including phenoxy) is 1. The van der Waals surface area contributed by atoms with Crippen molar-refractivity contribution >= 4 is 23.1 Å². The zero-order chi connectivity index (χ0) is 18.1. The molecule has 6 nitrogen and oxygen atoms in total. The fourth-order valence-corrected chi connectivity index (χ4v) is 2.94. The van der Waals surface area contributed by atoms with Crippen LogP contribution in [-0.4, -0.2) is 27.7 Å². The lowest BCUT2D eigenvalue weighted by Gasteiger charge is -2.12. The molecule has 0 spiro atoms. The Morgan fingerprint density at radius 1 is 1.24 bits per heavy atom. The van der Waals surface area contributed by atoms with Gasteiger partial charge in [0.2, 0.25) is 0 Å². The molecule has 25 heavy (non-hydrogen) atoms. The van der Waals surface area contributed by atoms with Gasteiger partial charge in [0.05, 0.1) is 17.9 Å². The Morgan fingerprint density at radius 3 is 2.60 bits per heavy atom. The van der Waals surface area contributed by atoms with Crippen LogP contribution in [0.4, 0.5) is 5.82 Å². The standard InChI is InChI=1S/C19H19N3O3/c1-4-25-19(24)16-8-15-7-14(13-5-6-17(20)21-9-13)10-22(15)18(11(16)2)12(3)23/h5-10H,4H2,1-3H3,(H2,20,21). The molecule has 128 valence electrons. The molecule has 0 saturated heterocycles. The molecule has 0 aliphatic heterocycles. The van der Waals surface area contributed by atoms with Crippen LogP contribution in [0.2, 0.25) is 0 Å². The number of anilines is 1. The summed E-state index contributed by atoms with van der Waals surface area (Å²) in [7, 11) is 0. The first-order valence-corrected chi connectivity index (χ1v) is 7.98. The summed E-state index contributed by atoms with van der Waals surface area (Å²) in [5.74, 6) is -0.106. The number of Topliss-reactive ketones (excluding diaryl/α,β-unsaturated/α-hetero) is 1. The smallest absolute Gasteiger partial charge is 0.338 e. The number of esters is 1. The fraction of sp³-hybridized carbons (Fsp3) is 0.211. The molecule has 0 radical (unpaired) electrons. The van der Waals surface area contributed by atoms with Crippen molar-refractivity contribution in [1.82, 2.24) is 9.38 Å². The van der Waals surface area contributed by atoms with Gasteiger partial charge in [-0.1, -0.05) is 0 Å². The van der Waals surface area contributed by atoms with Crippen molar-refractivity contribution in [3.8, 4) is 11.1 Å². The third kappa shape index (κ3) is 2.98. The molecule has 0 saturated carbocycles. The number of hydrogen-bond acceptors (Lipinski definition) is 5. The van der Waals surface area contributed by atoms with Crippen LogP contribution in [0.1, 0.15) is 40.3 Å². The molecule has 3 rings (SSSR count). The van der Waals surface area contributed by atoms with Gasteiger partial charge in [-0.05, 0) is 43.7 Å². The number of rotatable bonds is 4. The second kappa shape index (κ2) is 6.39. The lowest BCUT2D eigenvalue weighted by atomic mass is 10.0. The summed E-state index contributed by atoms with van der Waals surface area (Å²) in [6, 6.07) is 7.23. The van der Waals surface area contributed by atoms with Crippen LogP contribution in [0, 0.1) is 6.92 Å². The van der Waals surface area contributed by atoms with E-state index in [1.807, 2.05) is 18.3 Å². The summed E-state index contributed by atoms with van der Waals surface area (Å²) in [5, 5.41) is 0. The molecule has 2 N–H and O–H groups in total. The number of fused-ring (bicyclic) bond motifs is 1.